The van der Waals surface area contributed by atoms with Gasteiger partial charge in [-0.25, -0.2) is 4.39 Å². The Morgan fingerprint density at radius 1 is 1.19 bits per heavy atom. The van der Waals surface area contributed by atoms with Gasteiger partial charge in [0.25, 0.3) is 0 Å². The molecule has 0 amide bonds. The van der Waals surface area contributed by atoms with Gasteiger partial charge in [0.1, 0.15) is 5.82 Å². The molecular formula is C12H11ClFNS. The molecular weight excluding hydrogens is 245 g/mol. The molecule has 1 atom stereocenters. The van der Waals surface area contributed by atoms with Gasteiger partial charge in [-0.2, -0.15) is 0 Å². The lowest BCUT2D eigenvalue weighted by molar-refractivity contribution is 0.624. The van der Waals surface area contributed by atoms with Crippen molar-refractivity contribution in [3.8, 4) is 0 Å². The van der Waals surface area contributed by atoms with Crippen LogP contribution in [0.4, 0.5) is 4.39 Å². The molecule has 2 rings (SSSR count). The highest BCUT2D eigenvalue weighted by atomic mass is 35.5. The molecule has 2 aromatic rings. The monoisotopic (exact) mass is 255 g/mol. The lowest BCUT2D eigenvalue weighted by atomic mass is 10.0. The maximum absolute atomic E-state index is 12.7. The molecule has 84 valence electrons. The van der Waals surface area contributed by atoms with Crippen molar-refractivity contribution in [1.82, 2.24) is 0 Å². The smallest absolute Gasteiger partial charge is 0.123 e. The largest absolute Gasteiger partial charge is 0.324 e. The molecule has 1 aromatic heterocycles. The third-order valence-corrected chi connectivity index (χ3v) is 3.60. The van der Waals surface area contributed by atoms with Crippen LogP contribution in [0.2, 0.25) is 4.34 Å². The Labute approximate surface area is 103 Å². The molecule has 16 heavy (non-hydrogen) atoms. The van der Waals surface area contributed by atoms with Crippen LogP contribution in [0.15, 0.2) is 36.4 Å². The van der Waals surface area contributed by atoms with Crippen molar-refractivity contribution in [2.75, 3.05) is 0 Å². The zero-order chi connectivity index (χ0) is 11.5. The molecule has 0 saturated carbocycles. The van der Waals surface area contributed by atoms with Crippen molar-refractivity contribution in [2.24, 2.45) is 5.73 Å². The molecule has 0 aliphatic rings. The van der Waals surface area contributed by atoms with E-state index in [1.807, 2.05) is 12.1 Å². The number of hydrogen-bond donors (Lipinski definition) is 1. The average Bonchev–Trinajstić information content (AvgIpc) is 2.65. The van der Waals surface area contributed by atoms with Crippen LogP contribution in [0.1, 0.15) is 16.5 Å². The Morgan fingerprint density at radius 2 is 1.88 bits per heavy atom. The molecule has 0 aliphatic carbocycles. The molecule has 0 bridgehead atoms. The maximum atomic E-state index is 12.7. The Morgan fingerprint density at radius 3 is 2.44 bits per heavy atom. The minimum atomic E-state index is -0.241. The van der Waals surface area contributed by atoms with Crippen LogP contribution in [-0.2, 0) is 6.42 Å². The van der Waals surface area contributed by atoms with Crippen LogP contribution in [0.5, 0.6) is 0 Å². The summed E-state index contributed by atoms with van der Waals surface area (Å²) in [5.41, 5.74) is 6.96. The predicted octanol–water partition coefficient (Wildman–Crippen LogP) is 3.78. The first-order valence-electron chi connectivity index (χ1n) is 4.90. The normalized spacial score (nSPS) is 12.7. The molecule has 2 N–H and O–H groups in total. The maximum Gasteiger partial charge on any atom is 0.123 e. The van der Waals surface area contributed by atoms with Gasteiger partial charge in [0.2, 0.25) is 0 Å². The molecule has 1 heterocycles. The second-order valence-electron chi connectivity index (χ2n) is 3.57. The summed E-state index contributed by atoms with van der Waals surface area (Å²) in [6, 6.07) is 10.0. The predicted molar refractivity (Wildman–Crippen MR) is 66.4 cm³/mol. The lowest BCUT2D eigenvalue weighted by Crippen LogP contribution is -2.12. The van der Waals surface area contributed by atoms with Crippen molar-refractivity contribution < 1.29 is 4.39 Å². The van der Waals surface area contributed by atoms with Gasteiger partial charge in [-0.15, -0.1) is 11.3 Å². The Bertz CT molecular complexity index is 466. The Kier molecular flexibility index (Phi) is 3.59. The van der Waals surface area contributed by atoms with Gasteiger partial charge in [-0.3, -0.25) is 0 Å². The van der Waals surface area contributed by atoms with E-state index in [9.17, 15) is 4.39 Å². The zero-order valence-corrected chi connectivity index (χ0v) is 10.1. The van der Waals surface area contributed by atoms with Crippen molar-refractivity contribution in [2.45, 2.75) is 12.5 Å². The van der Waals surface area contributed by atoms with E-state index in [0.717, 1.165) is 21.2 Å². The molecule has 0 radical (unpaired) electrons. The molecule has 1 aromatic carbocycles. The number of hydrogen-bond acceptors (Lipinski definition) is 2. The number of rotatable bonds is 3. The van der Waals surface area contributed by atoms with Gasteiger partial charge in [0.15, 0.2) is 0 Å². The average molecular weight is 256 g/mol. The van der Waals surface area contributed by atoms with Crippen LogP contribution >= 0.6 is 22.9 Å². The van der Waals surface area contributed by atoms with E-state index in [4.69, 9.17) is 17.3 Å². The van der Waals surface area contributed by atoms with Gasteiger partial charge < -0.3 is 5.73 Å². The highest BCUT2D eigenvalue weighted by Crippen LogP contribution is 2.25. The summed E-state index contributed by atoms with van der Waals surface area (Å²) in [4.78, 5) is 1.14. The number of halogens is 2. The van der Waals surface area contributed by atoms with E-state index >= 15 is 0 Å². The van der Waals surface area contributed by atoms with Crippen molar-refractivity contribution >= 4 is 22.9 Å². The zero-order valence-electron chi connectivity index (χ0n) is 8.49. The fourth-order valence-electron chi connectivity index (χ4n) is 1.51. The van der Waals surface area contributed by atoms with E-state index < -0.39 is 0 Å². The first-order valence-corrected chi connectivity index (χ1v) is 6.10. The summed E-state index contributed by atoms with van der Waals surface area (Å²) in [6.45, 7) is 0. The number of thiophene rings is 1. The van der Waals surface area contributed by atoms with Crippen molar-refractivity contribution in [3.63, 3.8) is 0 Å². The summed E-state index contributed by atoms with van der Waals surface area (Å²) in [6.07, 6.45) is 0.725. The topological polar surface area (TPSA) is 26.0 Å². The van der Waals surface area contributed by atoms with Gasteiger partial charge in [-0.1, -0.05) is 23.7 Å². The van der Waals surface area contributed by atoms with Gasteiger partial charge in [-0.05, 0) is 29.8 Å². The fourth-order valence-corrected chi connectivity index (χ4v) is 2.65. The minimum absolute atomic E-state index is 0.115. The van der Waals surface area contributed by atoms with Crippen molar-refractivity contribution in [1.29, 1.82) is 0 Å². The Balaban J connectivity index is 2.08. The molecule has 0 aliphatic heterocycles. The van der Waals surface area contributed by atoms with Crippen LogP contribution in [0.3, 0.4) is 0 Å². The lowest BCUT2D eigenvalue weighted by Gasteiger charge is -2.10. The quantitative estimate of drug-likeness (QED) is 0.887. The molecule has 0 saturated heterocycles. The van der Waals surface area contributed by atoms with E-state index in [2.05, 4.69) is 0 Å². The molecule has 1 nitrogen and oxygen atoms in total. The van der Waals surface area contributed by atoms with Crippen molar-refractivity contribution in [3.05, 3.63) is 57.0 Å². The minimum Gasteiger partial charge on any atom is -0.324 e. The van der Waals surface area contributed by atoms with Gasteiger partial charge in [0.05, 0.1) is 4.34 Å². The molecule has 0 spiro atoms. The van der Waals surface area contributed by atoms with E-state index in [1.165, 1.54) is 23.5 Å². The fraction of sp³-hybridized carbons (Fsp3) is 0.167. The number of benzene rings is 1. The summed E-state index contributed by atoms with van der Waals surface area (Å²) >= 11 is 7.36. The highest BCUT2D eigenvalue weighted by molar-refractivity contribution is 7.16. The van der Waals surface area contributed by atoms with Crippen LogP contribution in [-0.4, -0.2) is 0 Å². The molecule has 1 unspecified atom stereocenters. The van der Waals surface area contributed by atoms with Crippen LogP contribution in [0, 0.1) is 5.82 Å². The first-order chi connectivity index (χ1) is 7.65. The van der Waals surface area contributed by atoms with Crippen LogP contribution in [0.25, 0.3) is 0 Å². The van der Waals surface area contributed by atoms with E-state index in [0.29, 0.717) is 0 Å². The second kappa shape index (κ2) is 4.95. The third-order valence-electron chi connectivity index (χ3n) is 2.35. The van der Waals surface area contributed by atoms with E-state index in [1.54, 1.807) is 12.1 Å². The number of nitrogens with two attached hydrogens (primary N) is 1. The second-order valence-corrected chi connectivity index (χ2v) is 5.37. The molecule has 0 fully saturated rings. The first kappa shape index (κ1) is 11.6. The third kappa shape index (κ3) is 2.82. The standard InChI is InChI=1S/C12H11ClFNS/c13-12-6-5-10(16-12)7-11(15)8-1-3-9(14)4-2-8/h1-6,11H,7,15H2. The van der Waals surface area contributed by atoms with E-state index in [-0.39, 0.29) is 11.9 Å². The Hall–Kier alpha value is -0.900. The highest BCUT2D eigenvalue weighted by Gasteiger charge is 2.08. The SMILES string of the molecule is NC(Cc1ccc(Cl)s1)c1ccc(F)cc1. The van der Waals surface area contributed by atoms with Gasteiger partial charge >= 0.3 is 0 Å². The summed E-state index contributed by atoms with van der Waals surface area (Å²) < 4.78 is 13.5. The summed E-state index contributed by atoms with van der Waals surface area (Å²) in [5.74, 6) is -0.241. The van der Waals surface area contributed by atoms with Crippen LogP contribution < -0.4 is 5.73 Å². The van der Waals surface area contributed by atoms with Gasteiger partial charge in [0, 0.05) is 17.3 Å². The molecule has 4 heteroatoms. The summed E-state index contributed by atoms with van der Waals surface area (Å²) in [5, 5.41) is 0. The summed E-state index contributed by atoms with van der Waals surface area (Å²) in [7, 11) is 0.